The highest BCUT2D eigenvalue weighted by atomic mass is 16.5. The van der Waals surface area contributed by atoms with Crippen molar-refractivity contribution >= 4 is 17.7 Å². The van der Waals surface area contributed by atoms with Crippen molar-refractivity contribution in [2.24, 2.45) is 0 Å². The molecule has 2 amide bonds. The zero-order valence-corrected chi connectivity index (χ0v) is 12.1. The molecule has 0 spiro atoms. The van der Waals surface area contributed by atoms with E-state index in [1.807, 2.05) is 7.05 Å². The number of benzene rings is 1. The lowest BCUT2D eigenvalue weighted by Crippen LogP contribution is -2.51. The van der Waals surface area contributed by atoms with Gasteiger partial charge in [-0.05, 0) is 19.2 Å². The monoisotopic (exact) mass is 293 g/mol. The van der Waals surface area contributed by atoms with Crippen LogP contribution in [0, 0.1) is 0 Å². The minimum atomic E-state index is -1.08. The van der Waals surface area contributed by atoms with Gasteiger partial charge >= 0.3 is 12.0 Å². The first-order valence-electron chi connectivity index (χ1n) is 6.70. The Morgan fingerprint density at radius 2 is 2.19 bits per heavy atom. The molecule has 0 aliphatic carbocycles. The summed E-state index contributed by atoms with van der Waals surface area (Å²) in [5, 5.41) is 12.1. The van der Waals surface area contributed by atoms with E-state index in [1.54, 1.807) is 36.2 Å². The van der Waals surface area contributed by atoms with E-state index in [4.69, 9.17) is 9.84 Å². The van der Waals surface area contributed by atoms with Crippen molar-refractivity contribution < 1.29 is 19.4 Å². The molecule has 0 saturated heterocycles. The van der Waals surface area contributed by atoms with Crippen LogP contribution in [-0.4, -0.2) is 61.8 Å². The minimum Gasteiger partial charge on any atom is -0.478 e. The molecule has 0 bridgehead atoms. The van der Waals surface area contributed by atoms with Gasteiger partial charge in [0.25, 0.3) is 0 Å². The van der Waals surface area contributed by atoms with E-state index in [9.17, 15) is 9.59 Å². The third kappa shape index (κ3) is 3.25. The number of carbonyl (C=O) groups excluding carboxylic acids is 1. The zero-order chi connectivity index (χ0) is 15.4. The molecule has 7 heteroatoms. The number of ether oxygens (including phenoxy) is 1. The van der Waals surface area contributed by atoms with Gasteiger partial charge in [-0.15, -0.1) is 0 Å². The number of carboxylic acids is 1. The number of urea groups is 1. The molecule has 1 aromatic carbocycles. The van der Waals surface area contributed by atoms with E-state index in [0.29, 0.717) is 24.5 Å². The van der Waals surface area contributed by atoms with Crippen LogP contribution >= 0.6 is 0 Å². The van der Waals surface area contributed by atoms with Crippen LogP contribution in [0.1, 0.15) is 0 Å². The first kappa shape index (κ1) is 15.1. The summed E-state index contributed by atoms with van der Waals surface area (Å²) in [6, 6.07) is 6.70. The van der Waals surface area contributed by atoms with Crippen molar-refractivity contribution in [3.05, 3.63) is 24.3 Å². The topological polar surface area (TPSA) is 82.1 Å². The Kier molecular flexibility index (Phi) is 4.64. The molecule has 1 aliphatic rings. The highest BCUT2D eigenvalue weighted by molar-refractivity contribution is 5.95. The Labute approximate surface area is 123 Å². The van der Waals surface area contributed by atoms with Crippen LogP contribution in [0.5, 0.6) is 5.75 Å². The van der Waals surface area contributed by atoms with E-state index in [-0.39, 0.29) is 12.6 Å². The van der Waals surface area contributed by atoms with Crippen LogP contribution in [0.25, 0.3) is 0 Å². The van der Waals surface area contributed by atoms with Crippen molar-refractivity contribution in [3.63, 3.8) is 0 Å². The molecule has 2 rings (SSSR count). The molecule has 0 aromatic heterocycles. The lowest BCUT2D eigenvalue weighted by atomic mass is 10.2. The quantitative estimate of drug-likeness (QED) is 0.850. The Hall–Kier alpha value is -2.28. The lowest BCUT2D eigenvalue weighted by Gasteiger charge is -2.35. The Balaban J connectivity index is 2.24. The van der Waals surface area contributed by atoms with Gasteiger partial charge < -0.3 is 20.1 Å². The number of nitrogens with zero attached hydrogens (tertiary/aromatic N) is 2. The summed E-state index contributed by atoms with van der Waals surface area (Å²) in [7, 11) is 3.50. The number of carbonyl (C=O) groups is 2. The predicted molar refractivity (Wildman–Crippen MR) is 77.8 cm³/mol. The molecule has 0 radical (unpaired) electrons. The fourth-order valence-electron chi connectivity index (χ4n) is 2.13. The number of hydrogen-bond acceptors (Lipinski definition) is 4. The normalized spacial score (nSPS) is 16.9. The molecule has 0 fully saturated rings. The maximum atomic E-state index is 12.5. The van der Waals surface area contributed by atoms with E-state index in [2.05, 4.69) is 5.32 Å². The second-order valence-electron chi connectivity index (χ2n) is 4.83. The second-order valence-corrected chi connectivity index (χ2v) is 4.83. The summed E-state index contributed by atoms with van der Waals surface area (Å²) in [6.07, 6.45) is -1.05. The number of nitrogens with one attached hydrogen (secondary N) is 1. The number of amides is 2. The van der Waals surface area contributed by atoms with Crippen molar-refractivity contribution in [2.45, 2.75) is 6.10 Å². The highest BCUT2D eigenvalue weighted by Gasteiger charge is 2.34. The van der Waals surface area contributed by atoms with Gasteiger partial charge in [0.2, 0.25) is 6.10 Å². The minimum absolute atomic E-state index is 0.00489. The fraction of sp³-hybridized carbons (Fsp3) is 0.429. The first-order chi connectivity index (χ1) is 10.0. The van der Waals surface area contributed by atoms with Gasteiger partial charge in [-0.1, -0.05) is 12.1 Å². The standard InChI is InChI=1S/C14H19N3O4/c1-15-7-8-16(2)14(20)17-9-12(13(18)19)21-11-6-4-3-5-10(11)17/h3-6,12,15H,7-9H2,1-2H3,(H,18,19). The van der Waals surface area contributed by atoms with Gasteiger partial charge in [0, 0.05) is 20.1 Å². The molecular formula is C14H19N3O4. The number of aliphatic carboxylic acids is 1. The Morgan fingerprint density at radius 3 is 2.86 bits per heavy atom. The maximum absolute atomic E-state index is 12.5. The number of likely N-dealkylation sites (N-methyl/N-ethyl adjacent to an activating group) is 2. The molecule has 21 heavy (non-hydrogen) atoms. The van der Waals surface area contributed by atoms with Crippen LogP contribution in [-0.2, 0) is 4.79 Å². The summed E-state index contributed by atoms with van der Waals surface area (Å²) < 4.78 is 5.41. The van der Waals surface area contributed by atoms with Gasteiger partial charge in [-0.25, -0.2) is 9.59 Å². The van der Waals surface area contributed by atoms with Crippen molar-refractivity contribution in [2.75, 3.05) is 38.6 Å². The van der Waals surface area contributed by atoms with Gasteiger partial charge in [0.1, 0.15) is 5.75 Å². The molecule has 114 valence electrons. The molecule has 2 N–H and O–H groups in total. The van der Waals surface area contributed by atoms with Crippen LogP contribution in [0.3, 0.4) is 0 Å². The zero-order valence-electron chi connectivity index (χ0n) is 12.1. The molecule has 1 atom stereocenters. The summed E-state index contributed by atoms with van der Waals surface area (Å²) in [4.78, 5) is 26.7. The SMILES string of the molecule is CNCCN(C)C(=O)N1CC(C(=O)O)Oc2ccccc21. The van der Waals surface area contributed by atoms with Gasteiger partial charge in [0.05, 0.1) is 12.2 Å². The first-order valence-corrected chi connectivity index (χ1v) is 6.70. The Bertz CT molecular complexity index is 535. The molecule has 1 heterocycles. The molecule has 7 nitrogen and oxygen atoms in total. The van der Waals surface area contributed by atoms with Crippen LogP contribution in [0.4, 0.5) is 10.5 Å². The van der Waals surface area contributed by atoms with Crippen LogP contribution in [0.2, 0.25) is 0 Å². The van der Waals surface area contributed by atoms with Crippen molar-refractivity contribution in [3.8, 4) is 5.75 Å². The van der Waals surface area contributed by atoms with Gasteiger partial charge in [0.15, 0.2) is 0 Å². The molecule has 1 aliphatic heterocycles. The van der Waals surface area contributed by atoms with E-state index in [0.717, 1.165) is 0 Å². The molecular weight excluding hydrogens is 274 g/mol. The van der Waals surface area contributed by atoms with Crippen LogP contribution in [0.15, 0.2) is 24.3 Å². The second kappa shape index (κ2) is 6.45. The van der Waals surface area contributed by atoms with Crippen molar-refractivity contribution in [1.82, 2.24) is 10.2 Å². The number of fused-ring (bicyclic) bond motifs is 1. The summed E-state index contributed by atoms with van der Waals surface area (Å²) in [5.41, 5.74) is 0.594. The number of carboxylic acid groups (broad SMARTS) is 1. The summed E-state index contributed by atoms with van der Waals surface area (Å²) >= 11 is 0. The third-order valence-electron chi connectivity index (χ3n) is 3.30. The molecule has 0 saturated carbocycles. The van der Waals surface area contributed by atoms with Gasteiger partial charge in [-0.3, -0.25) is 4.90 Å². The van der Waals surface area contributed by atoms with E-state index >= 15 is 0 Å². The average molecular weight is 293 g/mol. The number of anilines is 1. The predicted octanol–water partition coefficient (Wildman–Crippen LogP) is 0.610. The number of hydrogen-bond donors (Lipinski definition) is 2. The smallest absolute Gasteiger partial charge is 0.346 e. The van der Waals surface area contributed by atoms with E-state index in [1.165, 1.54) is 4.90 Å². The number of para-hydroxylation sites is 2. The molecule has 1 aromatic rings. The summed E-state index contributed by atoms with van der Waals surface area (Å²) in [6.45, 7) is 1.19. The highest BCUT2D eigenvalue weighted by Crippen LogP contribution is 2.33. The van der Waals surface area contributed by atoms with E-state index < -0.39 is 12.1 Å². The molecule has 1 unspecified atom stereocenters. The fourth-order valence-corrected chi connectivity index (χ4v) is 2.13. The van der Waals surface area contributed by atoms with Gasteiger partial charge in [-0.2, -0.15) is 0 Å². The van der Waals surface area contributed by atoms with Crippen LogP contribution < -0.4 is 15.0 Å². The third-order valence-corrected chi connectivity index (χ3v) is 3.30. The number of rotatable bonds is 4. The lowest BCUT2D eigenvalue weighted by molar-refractivity contribution is -0.144. The van der Waals surface area contributed by atoms with Crippen molar-refractivity contribution in [1.29, 1.82) is 0 Å². The Morgan fingerprint density at radius 1 is 1.48 bits per heavy atom. The largest absolute Gasteiger partial charge is 0.478 e. The maximum Gasteiger partial charge on any atom is 0.346 e. The average Bonchev–Trinajstić information content (AvgIpc) is 2.50. The summed E-state index contributed by atoms with van der Waals surface area (Å²) in [5.74, 6) is -0.674.